The van der Waals surface area contributed by atoms with E-state index in [4.69, 9.17) is 4.74 Å². The topological polar surface area (TPSA) is 42.4 Å². The molecule has 0 saturated heterocycles. The summed E-state index contributed by atoms with van der Waals surface area (Å²) in [4.78, 5) is 18.6. The zero-order chi connectivity index (χ0) is 19.6. The summed E-state index contributed by atoms with van der Waals surface area (Å²) < 4.78 is 33.5. The van der Waals surface area contributed by atoms with Gasteiger partial charge in [0.15, 0.2) is 17.2 Å². The van der Waals surface area contributed by atoms with Gasteiger partial charge in [-0.1, -0.05) is 31.2 Å². The van der Waals surface area contributed by atoms with E-state index in [-0.39, 0.29) is 17.2 Å². The molecule has 1 amide bonds. The van der Waals surface area contributed by atoms with Crippen LogP contribution in [0.2, 0.25) is 0 Å². The van der Waals surface area contributed by atoms with Crippen LogP contribution in [0.4, 0.5) is 14.5 Å². The first-order valence-corrected chi connectivity index (χ1v) is 8.61. The molecule has 0 fully saturated rings. The molecule has 0 radical (unpaired) electrons. The molecule has 0 N–H and O–H groups in total. The Morgan fingerprint density at radius 2 is 1.85 bits per heavy atom. The predicted octanol–water partition coefficient (Wildman–Crippen LogP) is 4.72. The SMILES string of the molecule is CCC(C)(Oc1ccccc1F)C(=O)N(C)c1cnc2c(F)cccc2c1. The second-order valence-electron chi connectivity index (χ2n) is 6.49. The maximum atomic E-state index is 14.0. The number of aromatic nitrogens is 1. The highest BCUT2D eigenvalue weighted by molar-refractivity contribution is 6.00. The monoisotopic (exact) mass is 370 g/mol. The van der Waals surface area contributed by atoms with Crippen LogP contribution < -0.4 is 9.64 Å². The lowest BCUT2D eigenvalue weighted by atomic mass is 10.0. The van der Waals surface area contributed by atoms with Crippen LogP contribution in [0.25, 0.3) is 10.9 Å². The number of likely N-dealkylation sites (N-methyl/N-ethyl adjacent to an activating group) is 1. The Balaban J connectivity index is 1.91. The summed E-state index contributed by atoms with van der Waals surface area (Å²) in [6, 6.07) is 12.3. The van der Waals surface area contributed by atoms with E-state index in [1.807, 2.05) is 0 Å². The summed E-state index contributed by atoms with van der Waals surface area (Å²) in [6.45, 7) is 3.41. The number of anilines is 1. The number of pyridine rings is 1. The minimum atomic E-state index is -1.27. The minimum Gasteiger partial charge on any atom is -0.475 e. The number of halogens is 2. The summed E-state index contributed by atoms with van der Waals surface area (Å²) in [5.74, 6) is -1.29. The number of para-hydroxylation sites is 2. The van der Waals surface area contributed by atoms with Crippen LogP contribution >= 0.6 is 0 Å². The maximum Gasteiger partial charge on any atom is 0.270 e. The summed E-state index contributed by atoms with van der Waals surface area (Å²) in [5.41, 5.74) is -0.536. The van der Waals surface area contributed by atoms with Crippen LogP contribution in [0.1, 0.15) is 20.3 Å². The van der Waals surface area contributed by atoms with E-state index < -0.39 is 17.2 Å². The molecule has 0 spiro atoms. The molecule has 4 nitrogen and oxygen atoms in total. The molecular weight excluding hydrogens is 350 g/mol. The number of amides is 1. The van der Waals surface area contributed by atoms with Crippen LogP contribution in [-0.2, 0) is 4.79 Å². The predicted molar refractivity (Wildman–Crippen MR) is 101 cm³/mol. The lowest BCUT2D eigenvalue weighted by molar-refractivity contribution is -0.132. The Bertz CT molecular complexity index is 993. The molecule has 1 atom stereocenters. The van der Waals surface area contributed by atoms with E-state index >= 15 is 0 Å². The van der Waals surface area contributed by atoms with Crippen molar-refractivity contribution >= 4 is 22.5 Å². The van der Waals surface area contributed by atoms with Crippen molar-refractivity contribution in [1.29, 1.82) is 0 Å². The van der Waals surface area contributed by atoms with Gasteiger partial charge < -0.3 is 9.64 Å². The molecule has 1 aromatic heterocycles. The van der Waals surface area contributed by atoms with Gasteiger partial charge in [0.05, 0.1) is 11.9 Å². The number of hydrogen-bond donors (Lipinski definition) is 0. The fraction of sp³-hybridized carbons (Fsp3) is 0.238. The van der Waals surface area contributed by atoms with Gasteiger partial charge >= 0.3 is 0 Å². The number of carbonyl (C=O) groups excluding carboxylic acids is 1. The molecule has 2 aromatic carbocycles. The highest BCUT2D eigenvalue weighted by atomic mass is 19.1. The van der Waals surface area contributed by atoms with Crippen molar-refractivity contribution in [1.82, 2.24) is 4.98 Å². The molecule has 6 heteroatoms. The van der Waals surface area contributed by atoms with Crippen LogP contribution in [0.15, 0.2) is 54.7 Å². The molecule has 0 aliphatic carbocycles. The Labute approximate surface area is 156 Å². The van der Waals surface area contributed by atoms with E-state index in [9.17, 15) is 13.6 Å². The Hall–Kier alpha value is -3.02. The number of fused-ring (bicyclic) bond motifs is 1. The van der Waals surface area contributed by atoms with Crippen molar-refractivity contribution in [2.75, 3.05) is 11.9 Å². The molecule has 0 bridgehead atoms. The van der Waals surface area contributed by atoms with E-state index in [2.05, 4.69) is 4.98 Å². The molecule has 140 valence electrons. The Kier molecular flexibility index (Phi) is 5.08. The van der Waals surface area contributed by atoms with Crippen molar-refractivity contribution < 1.29 is 18.3 Å². The van der Waals surface area contributed by atoms with Gasteiger partial charge in [0, 0.05) is 12.4 Å². The Morgan fingerprint density at radius 1 is 1.15 bits per heavy atom. The number of hydrogen-bond acceptors (Lipinski definition) is 3. The molecule has 27 heavy (non-hydrogen) atoms. The van der Waals surface area contributed by atoms with Gasteiger partial charge in [-0.15, -0.1) is 0 Å². The standard InChI is InChI=1S/C21H20F2N2O2/c1-4-21(2,27-18-11-6-5-9-16(18)22)20(26)25(3)15-12-14-8-7-10-17(23)19(14)24-13-15/h5-13H,4H2,1-3H3. The smallest absolute Gasteiger partial charge is 0.270 e. The van der Waals surface area contributed by atoms with Crippen LogP contribution in [0.5, 0.6) is 5.75 Å². The fourth-order valence-electron chi connectivity index (χ4n) is 2.80. The summed E-state index contributed by atoms with van der Waals surface area (Å²) in [7, 11) is 1.59. The van der Waals surface area contributed by atoms with Gasteiger partial charge in [-0.3, -0.25) is 9.78 Å². The molecule has 3 rings (SSSR count). The summed E-state index contributed by atoms with van der Waals surface area (Å²) in [6.07, 6.45) is 1.77. The number of nitrogens with zero attached hydrogens (tertiary/aromatic N) is 2. The molecule has 3 aromatic rings. The second kappa shape index (κ2) is 7.31. The zero-order valence-corrected chi connectivity index (χ0v) is 15.4. The van der Waals surface area contributed by atoms with Crippen molar-refractivity contribution in [2.45, 2.75) is 25.9 Å². The highest BCUT2D eigenvalue weighted by Crippen LogP contribution is 2.28. The zero-order valence-electron chi connectivity index (χ0n) is 15.4. The molecule has 0 aliphatic rings. The number of benzene rings is 2. The molecule has 0 saturated carbocycles. The number of ether oxygens (including phenoxy) is 1. The average Bonchev–Trinajstić information content (AvgIpc) is 2.68. The largest absolute Gasteiger partial charge is 0.475 e. The molecular formula is C21H20F2N2O2. The van der Waals surface area contributed by atoms with Crippen molar-refractivity contribution in [3.05, 3.63) is 66.4 Å². The minimum absolute atomic E-state index is 0.0160. The van der Waals surface area contributed by atoms with Crippen molar-refractivity contribution in [3.63, 3.8) is 0 Å². The van der Waals surface area contributed by atoms with Gasteiger partial charge in [-0.25, -0.2) is 8.78 Å². The highest BCUT2D eigenvalue weighted by Gasteiger charge is 2.37. The molecule has 1 heterocycles. The van der Waals surface area contributed by atoms with E-state index in [0.717, 1.165) is 0 Å². The van der Waals surface area contributed by atoms with Crippen molar-refractivity contribution in [3.8, 4) is 5.75 Å². The quantitative estimate of drug-likeness (QED) is 0.652. The van der Waals surface area contributed by atoms with Crippen LogP contribution in [0.3, 0.4) is 0 Å². The summed E-state index contributed by atoms with van der Waals surface area (Å²) >= 11 is 0. The average molecular weight is 370 g/mol. The maximum absolute atomic E-state index is 14.0. The van der Waals surface area contributed by atoms with Gasteiger partial charge in [0.25, 0.3) is 5.91 Å². The lowest BCUT2D eigenvalue weighted by Crippen LogP contribution is -2.49. The van der Waals surface area contributed by atoms with Crippen LogP contribution in [0, 0.1) is 11.6 Å². The normalized spacial score (nSPS) is 13.2. The third-order valence-electron chi connectivity index (χ3n) is 4.64. The van der Waals surface area contributed by atoms with E-state index in [0.29, 0.717) is 17.5 Å². The van der Waals surface area contributed by atoms with Gasteiger partial charge in [-0.2, -0.15) is 0 Å². The van der Waals surface area contributed by atoms with Gasteiger partial charge in [-0.05, 0) is 37.6 Å². The first kappa shape index (κ1) is 18.8. The lowest BCUT2D eigenvalue weighted by Gasteiger charge is -2.32. The Morgan fingerprint density at radius 3 is 2.56 bits per heavy atom. The number of rotatable bonds is 5. The number of carbonyl (C=O) groups is 1. The third-order valence-corrected chi connectivity index (χ3v) is 4.64. The van der Waals surface area contributed by atoms with E-state index in [1.54, 1.807) is 51.2 Å². The third kappa shape index (κ3) is 3.60. The molecule has 1 unspecified atom stereocenters. The van der Waals surface area contributed by atoms with Gasteiger partial charge in [0.2, 0.25) is 0 Å². The van der Waals surface area contributed by atoms with E-state index in [1.165, 1.54) is 29.3 Å². The fourth-order valence-corrected chi connectivity index (χ4v) is 2.80. The van der Waals surface area contributed by atoms with Crippen LogP contribution in [-0.4, -0.2) is 23.5 Å². The first-order chi connectivity index (χ1) is 12.9. The second-order valence-corrected chi connectivity index (χ2v) is 6.49. The van der Waals surface area contributed by atoms with Crippen molar-refractivity contribution in [2.24, 2.45) is 0 Å². The summed E-state index contributed by atoms with van der Waals surface area (Å²) in [5, 5.41) is 0.584. The molecule has 0 aliphatic heterocycles. The van der Waals surface area contributed by atoms with Gasteiger partial charge in [0.1, 0.15) is 11.3 Å². The first-order valence-electron chi connectivity index (χ1n) is 8.61.